The molecule has 0 spiro atoms. The first-order chi connectivity index (χ1) is 12.8. The molecule has 1 aliphatic heterocycles. The fourth-order valence-electron chi connectivity index (χ4n) is 2.91. The summed E-state index contributed by atoms with van der Waals surface area (Å²) in [5.74, 6) is -1.27. The molecule has 1 aromatic carbocycles. The summed E-state index contributed by atoms with van der Waals surface area (Å²) >= 11 is 0. The molecule has 1 heterocycles. The number of nitrogens with zero attached hydrogens (tertiary/aromatic N) is 2. The summed E-state index contributed by atoms with van der Waals surface area (Å²) in [5.41, 5.74) is 0. The number of piperazine rings is 1. The summed E-state index contributed by atoms with van der Waals surface area (Å²) in [4.78, 5) is 16.3. The Morgan fingerprint density at radius 1 is 1.19 bits per heavy atom. The molecular weight excluding hydrogens is 371 g/mol. The molecule has 1 fully saturated rings. The van der Waals surface area contributed by atoms with Crippen molar-refractivity contribution in [1.82, 2.24) is 19.8 Å². The first-order valence-electron chi connectivity index (χ1n) is 9.25. The minimum Gasteiger partial charge on any atom is -0.355 e. The molecule has 152 valence electrons. The summed E-state index contributed by atoms with van der Waals surface area (Å²) in [7, 11) is -1.97. The van der Waals surface area contributed by atoms with E-state index in [1.165, 1.54) is 25.1 Å². The van der Waals surface area contributed by atoms with E-state index in [1.54, 1.807) is 0 Å². The van der Waals surface area contributed by atoms with Gasteiger partial charge in [0.1, 0.15) is 10.7 Å². The molecule has 27 heavy (non-hydrogen) atoms. The number of hydrogen-bond acceptors (Lipinski definition) is 5. The number of unbranched alkanes of at least 4 members (excludes halogenated alkanes) is 1. The van der Waals surface area contributed by atoms with Crippen molar-refractivity contribution in [1.29, 1.82) is 0 Å². The molecule has 1 atom stereocenters. The molecule has 1 amide bonds. The van der Waals surface area contributed by atoms with E-state index in [1.807, 2.05) is 0 Å². The number of hydrogen-bond donors (Lipinski definition) is 2. The van der Waals surface area contributed by atoms with Crippen LogP contribution in [0.15, 0.2) is 29.2 Å². The Kier molecular flexibility index (Phi) is 8.15. The third-order valence-electron chi connectivity index (χ3n) is 4.65. The van der Waals surface area contributed by atoms with E-state index in [9.17, 15) is 17.6 Å². The number of carbonyl (C=O) groups excluding carboxylic acids is 1. The molecule has 1 aliphatic rings. The first kappa shape index (κ1) is 21.7. The number of carbonyl (C=O) groups is 1. The second-order valence-electron chi connectivity index (χ2n) is 6.92. The smallest absolute Gasteiger partial charge is 0.244 e. The van der Waals surface area contributed by atoms with Crippen LogP contribution < -0.4 is 10.0 Å². The highest BCUT2D eigenvalue weighted by molar-refractivity contribution is 7.89. The van der Waals surface area contributed by atoms with Crippen molar-refractivity contribution < 1.29 is 17.6 Å². The van der Waals surface area contributed by atoms with Gasteiger partial charge in [-0.15, -0.1) is 0 Å². The molecule has 0 radical (unpaired) electrons. The van der Waals surface area contributed by atoms with Crippen LogP contribution in [-0.4, -0.2) is 76.5 Å². The first-order valence-corrected chi connectivity index (χ1v) is 10.7. The number of rotatable bonds is 9. The summed E-state index contributed by atoms with van der Waals surface area (Å²) in [6.07, 6.45) is 1.80. The highest BCUT2D eigenvalue weighted by Crippen LogP contribution is 2.13. The van der Waals surface area contributed by atoms with Crippen LogP contribution in [0.3, 0.4) is 0 Å². The normalized spacial score (nSPS) is 17.6. The van der Waals surface area contributed by atoms with Crippen molar-refractivity contribution in [3.05, 3.63) is 30.1 Å². The van der Waals surface area contributed by atoms with Gasteiger partial charge in [-0.3, -0.25) is 4.79 Å². The highest BCUT2D eigenvalue weighted by Gasteiger charge is 2.24. The Bertz CT molecular complexity index is 721. The van der Waals surface area contributed by atoms with Crippen LogP contribution in [0.1, 0.15) is 19.8 Å². The zero-order valence-electron chi connectivity index (χ0n) is 15.9. The van der Waals surface area contributed by atoms with E-state index in [0.29, 0.717) is 6.54 Å². The fourth-order valence-corrected chi connectivity index (χ4v) is 4.19. The van der Waals surface area contributed by atoms with Crippen molar-refractivity contribution in [2.75, 3.05) is 46.3 Å². The molecule has 0 saturated carbocycles. The quantitative estimate of drug-likeness (QED) is 0.595. The Labute approximate surface area is 161 Å². The van der Waals surface area contributed by atoms with Gasteiger partial charge in [0.2, 0.25) is 15.9 Å². The topological polar surface area (TPSA) is 81.7 Å². The van der Waals surface area contributed by atoms with Gasteiger partial charge in [-0.25, -0.2) is 12.8 Å². The zero-order valence-corrected chi connectivity index (χ0v) is 16.8. The zero-order chi connectivity index (χ0) is 19.9. The lowest BCUT2D eigenvalue weighted by Crippen LogP contribution is -2.45. The second kappa shape index (κ2) is 10.1. The largest absolute Gasteiger partial charge is 0.355 e. The molecule has 1 aromatic rings. The van der Waals surface area contributed by atoms with E-state index in [2.05, 4.69) is 26.9 Å². The summed E-state index contributed by atoms with van der Waals surface area (Å²) in [5, 5.41) is 2.73. The van der Waals surface area contributed by atoms with Crippen molar-refractivity contribution >= 4 is 15.9 Å². The second-order valence-corrected chi connectivity index (χ2v) is 8.60. The van der Waals surface area contributed by atoms with E-state index in [4.69, 9.17) is 0 Å². The number of halogens is 1. The van der Waals surface area contributed by atoms with Gasteiger partial charge in [0.05, 0.1) is 6.04 Å². The number of benzene rings is 1. The number of nitrogens with one attached hydrogen (secondary N) is 2. The van der Waals surface area contributed by atoms with Crippen molar-refractivity contribution in [2.45, 2.75) is 30.7 Å². The lowest BCUT2D eigenvalue weighted by Gasteiger charge is -2.32. The van der Waals surface area contributed by atoms with Gasteiger partial charge in [-0.05, 0) is 45.5 Å². The van der Waals surface area contributed by atoms with Crippen LogP contribution in [0, 0.1) is 5.82 Å². The average Bonchev–Trinajstić information content (AvgIpc) is 2.62. The Hall–Kier alpha value is -1.55. The minimum absolute atomic E-state index is 0.422. The maximum absolute atomic E-state index is 13.7. The molecule has 0 aliphatic carbocycles. The van der Waals surface area contributed by atoms with Crippen LogP contribution in [0.5, 0.6) is 0 Å². The van der Waals surface area contributed by atoms with Crippen molar-refractivity contribution in [3.63, 3.8) is 0 Å². The molecule has 0 unspecified atom stereocenters. The maximum Gasteiger partial charge on any atom is 0.244 e. The minimum atomic E-state index is -4.09. The predicted molar refractivity (Wildman–Crippen MR) is 102 cm³/mol. The molecular formula is C18H29FN4O3S. The molecule has 2 rings (SSSR count). The van der Waals surface area contributed by atoms with Gasteiger partial charge in [0.25, 0.3) is 0 Å². The van der Waals surface area contributed by atoms with Gasteiger partial charge in [-0.1, -0.05) is 12.1 Å². The molecule has 2 N–H and O–H groups in total. The van der Waals surface area contributed by atoms with E-state index >= 15 is 0 Å². The van der Waals surface area contributed by atoms with E-state index < -0.39 is 32.7 Å². The highest BCUT2D eigenvalue weighted by atomic mass is 32.2. The molecule has 1 saturated heterocycles. The van der Waals surface area contributed by atoms with Gasteiger partial charge >= 0.3 is 0 Å². The SMILES string of the molecule is C[C@H](NS(=O)(=O)c1ccccc1F)C(=O)NCCCCN1CCN(C)CC1. The van der Waals surface area contributed by atoms with Gasteiger partial charge in [-0.2, -0.15) is 4.72 Å². The van der Waals surface area contributed by atoms with E-state index in [0.717, 1.165) is 51.6 Å². The standard InChI is InChI=1S/C18H29FN4O3S/c1-15(21-27(25,26)17-8-4-3-7-16(17)19)18(24)20-9-5-6-10-23-13-11-22(2)12-14-23/h3-4,7-8,15,21H,5-6,9-14H2,1-2H3,(H,20,24)/t15-/m0/s1. The third-order valence-corrected chi connectivity index (χ3v) is 6.22. The Balaban J connectivity index is 1.69. The van der Waals surface area contributed by atoms with Gasteiger partial charge in [0, 0.05) is 32.7 Å². The lowest BCUT2D eigenvalue weighted by atomic mass is 10.2. The van der Waals surface area contributed by atoms with Gasteiger partial charge in [0.15, 0.2) is 0 Å². The van der Waals surface area contributed by atoms with E-state index in [-0.39, 0.29) is 0 Å². The molecule has 7 nitrogen and oxygen atoms in total. The molecule has 0 bridgehead atoms. The number of amides is 1. The fraction of sp³-hybridized carbons (Fsp3) is 0.611. The molecule has 0 aromatic heterocycles. The summed E-state index contributed by atoms with van der Waals surface area (Å²) < 4.78 is 40.3. The van der Waals surface area contributed by atoms with Crippen LogP contribution >= 0.6 is 0 Å². The maximum atomic E-state index is 13.7. The Morgan fingerprint density at radius 3 is 2.52 bits per heavy atom. The van der Waals surface area contributed by atoms with Crippen LogP contribution in [0.2, 0.25) is 0 Å². The molecule has 9 heteroatoms. The lowest BCUT2D eigenvalue weighted by molar-refractivity contribution is -0.122. The van der Waals surface area contributed by atoms with Crippen LogP contribution in [-0.2, 0) is 14.8 Å². The predicted octanol–water partition coefficient (Wildman–Crippen LogP) is 0.636. The monoisotopic (exact) mass is 400 g/mol. The number of sulfonamides is 1. The van der Waals surface area contributed by atoms with Crippen molar-refractivity contribution in [3.8, 4) is 0 Å². The van der Waals surface area contributed by atoms with Gasteiger partial charge < -0.3 is 15.1 Å². The van der Waals surface area contributed by atoms with Crippen LogP contribution in [0.4, 0.5) is 4.39 Å². The van der Waals surface area contributed by atoms with Crippen LogP contribution in [0.25, 0.3) is 0 Å². The third kappa shape index (κ3) is 6.84. The Morgan fingerprint density at radius 2 is 1.85 bits per heavy atom. The summed E-state index contributed by atoms with van der Waals surface area (Å²) in [6, 6.07) is 4.10. The van der Waals surface area contributed by atoms with Crippen molar-refractivity contribution in [2.24, 2.45) is 0 Å². The number of likely N-dealkylation sites (N-methyl/N-ethyl adjacent to an activating group) is 1. The average molecular weight is 401 g/mol. The summed E-state index contributed by atoms with van der Waals surface area (Å²) in [6.45, 7) is 7.22.